The predicted octanol–water partition coefficient (Wildman–Crippen LogP) is 3.94. The maximum atomic E-state index is 13.3. The number of carbonyl (C=O) groups is 1. The third-order valence-electron chi connectivity index (χ3n) is 7.22. The fourth-order valence-corrected chi connectivity index (χ4v) is 5.65. The fraction of sp³-hybridized carbons (Fsp3) is 0.323. The third kappa shape index (κ3) is 7.03. The van der Waals surface area contributed by atoms with E-state index in [2.05, 4.69) is 27.1 Å². The van der Waals surface area contributed by atoms with Crippen molar-refractivity contribution in [3.63, 3.8) is 0 Å². The van der Waals surface area contributed by atoms with Gasteiger partial charge in [0.15, 0.2) is 0 Å². The van der Waals surface area contributed by atoms with Gasteiger partial charge in [-0.15, -0.1) is 0 Å². The Morgan fingerprint density at radius 2 is 1.78 bits per heavy atom. The summed E-state index contributed by atoms with van der Waals surface area (Å²) in [6.45, 7) is 6.93. The number of carbonyl (C=O) groups excluding carboxylic acids is 1. The lowest BCUT2D eigenvalue weighted by Gasteiger charge is -2.26. The Labute approximate surface area is 264 Å². The number of ether oxygens (including phenoxy) is 2. The molecule has 0 bridgehead atoms. The number of rotatable bonds is 13. The predicted molar refractivity (Wildman–Crippen MR) is 179 cm³/mol. The first-order valence-electron chi connectivity index (χ1n) is 14.0. The van der Waals surface area contributed by atoms with Crippen LogP contribution < -0.4 is 25.0 Å². The third-order valence-corrected chi connectivity index (χ3v) is 8.94. The maximum absolute atomic E-state index is 13.3. The normalized spacial score (nSPS) is 11.6. The molecule has 2 aromatic heterocycles. The number of aryl methyl sites for hydroxylation is 1. The lowest BCUT2D eigenvalue weighted by molar-refractivity contribution is -0.111. The van der Waals surface area contributed by atoms with Crippen LogP contribution >= 0.6 is 0 Å². The second kappa shape index (κ2) is 13.5. The standard InChI is InChI=1S/C31H40N8O5S/c1-10-29(40)33-24-16-25(28(44-9)17-27(24)38(7)14-13-36(3)4)34-31-32-18-20(2)30(35-31)23-19-39(45(41,42)37(5)6)26-15-21(43-8)11-12-22(23)26/h10-12,15-19H,1,13-14H2,2-9H3,(H,33,40)(H,32,34,35). The molecule has 240 valence electrons. The lowest BCUT2D eigenvalue weighted by Crippen LogP contribution is -2.29. The largest absolute Gasteiger partial charge is 0.497 e. The van der Waals surface area contributed by atoms with E-state index in [0.29, 0.717) is 51.6 Å². The minimum atomic E-state index is -3.86. The summed E-state index contributed by atoms with van der Waals surface area (Å²) in [5.41, 5.74) is 4.14. The molecule has 0 spiro atoms. The van der Waals surface area contributed by atoms with E-state index >= 15 is 0 Å². The van der Waals surface area contributed by atoms with Crippen molar-refractivity contribution in [2.24, 2.45) is 0 Å². The molecule has 0 radical (unpaired) electrons. The molecule has 13 nitrogen and oxygen atoms in total. The molecule has 0 atom stereocenters. The minimum absolute atomic E-state index is 0.244. The van der Waals surface area contributed by atoms with Gasteiger partial charge in [0.05, 0.1) is 42.5 Å². The zero-order valence-corrected chi connectivity index (χ0v) is 27.7. The number of aromatic nitrogens is 3. The Balaban J connectivity index is 1.82. The Morgan fingerprint density at radius 1 is 1.04 bits per heavy atom. The van der Waals surface area contributed by atoms with E-state index in [4.69, 9.17) is 14.5 Å². The molecular formula is C31H40N8O5S. The number of benzene rings is 2. The molecule has 0 aliphatic rings. The highest BCUT2D eigenvalue weighted by molar-refractivity contribution is 7.87. The van der Waals surface area contributed by atoms with Crippen LogP contribution in [0.4, 0.5) is 23.0 Å². The molecule has 0 unspecified atom stereocenters. The van der Waals surface area contributed by atoms with Gasteiger partial charge in [-0.3, -0.25) is 4.79 Å². The summed E-state index contributed by atoms with van der Waals surface area (Å²) in [6.07, 6.45) is 4.42. The number of likely N-dealkylation sites (N-methyl/N-ethyl adjacent to an activating group) is 2. The highest BCUT2D eigenvalue weighted by Crippen LogP contribution is 2.39. The minimum Gasteiger partial charge on any atom is -0.497 e. The van der Waals surface area contributed by atoms with Gasteiger partial charge in [0.25, 0.3) is 0 Å². The van der Waals surface area contributed by atoms with Gasteiger partial charge < -0.3 is 29.9 Å². The van der Waals surface area contributed by atoms with Crippen LogP contribution in [0.25, 0.3) is 22.2 Å². The van der Waals surface area contributed by atoms with E-state index in [1.165, 1.54) is 31.3 Å². The van der Waals surface area contributed by atoms with Crippen LogP contribution in [0.15, 0.2) is 55.4 Å². The van der Waals surface area contributed by atoms with E-state index < -0.39 is 10.2 Å². The number of methoxy groups -OCH3 is 2. The Kier molecular flexibility index (Phi) is 10.0. The number of nitrogens with zero attached hydrogens (tertiary/aromatic N) is 6. The van der Waals surface area contributed by atoms with E-state index in [0.717, 1.165) is 22.1 Å². The molecule has 1 amide bonds. The zero-order chi connectivity index (χ0) is 33.1. The molecule has 14 heteroatoms. The molecule has 2 heterocycles. The second-order valence-corrected chi connectivity index (χ2v) is 12.9. The molecule has 2 aromatic carbocycles. The van der Waals surface area contributed by atoms with Crippen LogP contribution in [0.3, 0.4) is 0 Å². The van der Waals surface area contributed by atoms with Crippen molar-refractivity contribution in [1.29, 1.82) is 0 Å². The summed E-state index contributed by atoms with van der Waals surface area (Å²) in [7, 11) is 8.10. The van der Waals surface area contributed by atoms with Crippen molar-refractivity contribution in [3.05, 3.63) is 60.9 Å². The Bertz CT molecular complexity index is 1840. The van der Waals surface area contributed by atoms with Gasteiger partial charge in [-0.1, -0.05) is 6.58 Å². The van der Waals surface area contributed by atoms with Crippen molar-refractivity contribution < 1.29 is 22.7 Å². The average Bonchev–Trinajstić information content (AvgIpc) is 3.40. The molecule has 0 aliphatic heterocycles. The highest BCUT2D eigenvalue weighted by Gasteiger charge is 2.24. The summed E-state index contributed by atoms with van der Waals surface area (Å²) in [4.78, 5) is 25.8. The monoisotopic (exact) mass is 636 g/mol. The highest BCUT2D eigenvalue weighted by atomic mass is 32.2. The first-order valence-corrected chi connectivity index (χ1v) is 15.4. The fourth-order valence-electron chi connectivity index (χ4n) is 4.66. The summed E-state index contributed by atoms with van der Waals surface area (Å²) < 4.78 is 40.0. The topological polar surface area (TPSA) is 134 Å². The number of hydrogen-bond acceptors (Lipinski definition) is 10. The van der Waals surface area contributed by atoms with Crippen molar-refractivity contribution in [1.82, 2.24) is 23.1 Å². The molecule has 0 fully saturated rings. The maximum Gasteiger partial charge on any atom is 0.307 e. The van der Waals surface area contributed by atoms with Gasteiger partial charge in [-0.2, -0.15) is 12.7 Å². The van der Waals surface area contributed by atoms with Gasteiger partial charge in [0.2, 0.25) is 11.9 Å². The number of hydrogen-bond donors (Lipinski definition) is 2. The van der Waals surface area contributed by atoms with Crippen LogP contribution in [0.2, 0.25) is 0 Å². The van der Waals surface area contributed by atoms with Crippen molar-refractivity contribution in [2.75, 3.05) is 78.1 Å². The molecule has 0 aliphatic carbocycles. The summed E-state index contributed by atoms with van der Waals surface area (Å²) in [5, 5.41) is 6.78. The van der Waals surface area contributed by atoms with Crippen LogP contribution in [0.5, 0.6) is 11.5 Å². The van der Waals surface area contributed by atoms with E-state index in [-0.39, 0.29) is 11.9 Å². The number of nitrogens with one attached hydrogen (secondary N) is 2. The van der Waals surface area contributed by atoms with Crippen LogP contribution in [-0.2, 0) is 15.0 Å². The summed E-state index contributed by atoms with van der Waals surface area (Å²) in [6, 6.07) is 8.85. The molecule has 0 saturated carbocycles. The number of fused-ring (bicyclic) bond motifs is 1. The molecule has 4 rings (SSSR count). The molecule has 2 N–H and O–H groups in total. The average molecular weight is 637 g/mol. The SMILES string of the molecule is C=CC(=O)Nc1cc(Nc2ncc(C)c(-c3cn(S(=O)(=O)N(C)C)c4cc(OC)ccc34)n2)c(OC)cc1N(C)CCN(C)C. The van der Waals surface area contributed by atoms with E-state index in [9.17, 15) is 13.2 Å². The smallest absolute Gasteiger partial charge is 0.307 e. The van der Waals surface area contributed by atoms with Gasteiger partial charge in [0, 0.05) is 69.7 Å². The zero-order valence-electron chi connectivity index (χ0n) is 26.9. The lowest BCUT2D eigenvalue weighted by atomic mass is 10.1. The van der Waals surface area contributed by atoms with Crippen molar-refractivity contribution >= 4 is 50.0 Å². The second-order valence-electron chi connectivity index (χ2n) is 10.8. The van der Waals surface area contributed by atoms with Crippen molar-refractivity contribution in [3.8, 4) is 22.8 Å². The van der Waals surface area contributed by atoms with Crippen LogP contribution in [0, 0.1) is 6.92 Å². The molecule has 0 saturated heterocycles. The van der Waals surface area contributed by atoms with E-state index in [1.54, 1.807) is 37.7 Å². The summed E-state index contributed by atoms with van der Waals surface area (Å²) >= 11 is 0. The van der Waals surface area contributed by atoms with Crippen LogP contribution in [0.1, 0.15) is 5.56 Å². The number of amides is 1. The van der Waals surface area contributed by atoms with E-state index in [1.807, 2.05) is 45.1 Å². The number of anilines is 4. The Morgan fingerprint density at radius 3 is 2.40 bits per heavy atom. The van der Waals surface area contributed by atoms with Crippen LogP contribution in [-0.4, -0.2) is 100 Å². The first kappa shape index (κ1) is 33.2. The molecular weight excluding hydrogens is 596 g/mol. The summed E-state index contributed by atoms with van der Waals surface area (Å²) in [5.74, 6) is 0.910. The molecule has 45 heavy (non-hydrogen) atoms. The van der Waals surface area contributed by atoms with Gasteiger partial charge in [0.1, 0.15) is 11.5 Å². The van der Waals surface area contributed by atoms with Gasteiger partial charge >= 0.3 is 10.2 Å². The molecule has 4 aromatic rings. The van der Waals surface area contributed by atoms with Crippen molar-refractivity contribution in [2.45, 2.75) is 6.92 Å². The van der Waals surface area contributed by atoms with Gasteiger partial charge in [-0.25, -0.2) is 13.9 Å². The Hall–Kier alpha value is -4.66. The van der Waals surface area contributed by atoms with Gasteiger partial charge in [-0.05, 0) is 50.9 Å². The quantitative estimate of drug-likeness (QED) is 0.208. The first-order chi connectivity index (χ1) is 21.3.